The lowest BCUT2D eigenvalue weighted by Gasteiger charge is -1.99. The van der Waals surface area contributed by atoms with E-state index in [0.717, 1.165) is 6.54 Å². The number of aliphatic carboxylic acids is 1. The first-order valence-corrected chi connectivity index (χ1v) is 9.43. The van der Waals surface area contributed by atoms with Crippen LogP contribution in [-0.2, 0) is 9.59 Å². The van der Waals surface area contributed by atoms with Gasteiger partial charge >= 0.3 is 0 Å². The van der Waals surface area contributed by atoms with Gasteiger partial charge in [0.05, 0.1) is 20.1 Å². The molecule has 0 saturated heterocycles. The summed E-state index contributed by atoms with van der Waals surface area (Å²) in [6.07, 6.45) is 12.2. The van der Waals surface area contributed by atoms with Crippen LogP contribution in [0.25, 0.3) is 0 Å². The standard InChI is InChI=1S/C10H23N.C4H7NO.C4H6O2.C2H7N/c1-2-3-4-5-6-7-8-9-10-11;1-3-4(6)5-2;1-3(2)4(5)6;1-3-2/h2-11H2,1H3;3H,1H2,2H3,(H,5,6);1H2,2H3,(H,5,6);3H,1-2H3. The largest absolute Gasteiger partial charge is 0.545 e. The zero-order valence-electron chi connectivity index (χ0n) is 17.7. The predicted molar refractivity (Wildman–Crippen MR) is 110 cm³/mol. The summed E-state index contributed by atoms with van der Waals surface area (Å²) < 4.78 is 0. The van der Waals surface area contributed by atoms with E-state index in [0.29, 0.717) is 0 Å². The van der Waals surface area contributed by atoms with Crippen molar-refractivity contribution in [2.24, 2.45) is 5.73 Å². The van der Waals surface area contributed by atoms with Crippen LogP contribution in [0.2, 0.25) is 0 Å². The molecule has 0 radical (unpaired) electrons. The maximum atomic E-state index is 9.95. The van der Waals surface area contributed by atoms with Crippen LogP contribution < -0.4 is 21.5 Å². The molecule has 0 bridgehead atoms. The van der Waals surface area contributed by atoms with E-state index in [4.69, 9.17) is 5.73 Å². The van der Waals surface area contributed by atoms with Crippen LogP contribution in [0.15, 0.2) is 24.8 Å². The summed E-state index contributed by atoms with van der Waals surface area (Å²) in [5.41, 5.74) is 5.46. The Morgan fingerprint density at radius 1 is 1.08 bits per heavy atom. The Hall–Kier alpha value is -1.66. The van der Waals surface area contributed by atoms with Gasteiger partial charge in [0, 0.05) is 7.05 Å². The van der Waals surface area contributed by atoms with Crippen LogP contribution >= 0.6 is 0 Å². The van der Waals surface area contributed by atoms with E-state index in [-0.39, 0.29) is 11.5 Å². The number of carbonyl (C=O) groups excluding carboxylic acids is 2. The minimum Gasteiger partial charge on any atom is -0.545 e. The zero-order chi connectivity index (χ0) is 21.2. The summed E-state index contributed by atoms with van der Waals surface area (Å²) in [5.74, 6) is -1.33. The molecule has 1 amide bonds. The molecule has 6 nitrogen and oxygen atoms in total. The maximum Gasteiger partial charge on any atom is 0.243 e. The molecule has 6 heteroatoms. The Morgan fingerprint density at radius 3 is 1.62 bits per heavy atom. The summed E-state index contributed by atoms with van der Waals surface area (Å²) in [5, 5.41) is 13.8. The number of carboxylic acid groups (broad SMARTS) is 1. The number of amides is 1. The van der Waals surface area contributed by atoms with Crippen LogP contribution in [0, 0.1) is 0 Å². The minimum atomic E-state index is -1.19. The first kappa shape index (κ1) is 32.0. The van der Waals surface area contributed by atoms with Gasteiger partial charge in [0.1, 0.15) is 0 Å². The highest BCUT2D eigenvalue weighted by Crippen LogP contribution is 2.07. The molecule has 0 rings (SSSR count). The molecular formula is C20H43N3O3. The highest BCUT2D eigenvalue weighted by molar-refractivity contribution is 5.86. The normalized spacial score (nSPS) is 8.38. The Kier molecular flexibility index (Phi) is 38.4. The molecular weight excluding hydrogens is 330 g/mol. The highest BCUT2D eigenvalue weighted by Gasteiger charge is 1.89. The number of nitrogens with one attached hydrogen (secondary N) is 1. The second-order valence-electron chi connectivity index (χ2n) is 5.73. The number of rotatable bonds is 10. The molecule has 0 aromatic rings. The maximum absolute atomic E-state index is 9.95. The Bertz CT molecular complexity index is 310. The van der Waals surface area contributed by atoms with E-state index in [9.17, 15) is 14.7 Å². The van der Waals surface area contributed by atoms with Crippen LogP contribution in [-0.4, -0.2) is 39.6 Å². The smallest absolute Gasteiger partial charge is 0.243 e. The van der Waals surface area contributed by atoms with Crippen LogP contribution in [0.1, 0.15) is 65.2 Å². The SMILES string of the molecule is C=C(C)C(=O)[O-].C=CC(=O)NC.CCCCCCCCCCN.C[NH2+]C. The van der Waals surface area contributed by atoms with Crippen molar-refractivity contribution in [3.63, 3.8) is 0 Å². The molecule has 0 aliphatic carbocycles. The van der Waals surface area contributed by atoms with Crippen molar-refractivity contribution in [3.05, 3.63) is 24.8 Å². The molecule has 0 aromatic carbocycles. The van der Waals surface area contributed by atoms with Gasteiger partial charge in [-0.3, -0.25) is 4.79 Å². The average Bonchev–Trinajstić information content (AvgIpc) is 2.62. The van der Waals surface area contributed by atoms with Crippen molar-refractivity contribution in [1.29, 1.82) is 0 Å². The van der Waals surface area contributed by atoms with E-state index < -0.39 is 5.97 Å². The van der Waals surface area contributed by atoms with E-state index in [1.54, 1.807) is 7.05 Å². The molecule has 0 aliphatic rings. The van der Waals surface area contributed by atoms with Gasteiger partial charge in [-0.1, -0.05) is 65.0 Å². The van der Waals surface area contributed by atoms with Gasteiger partial charge in [0.2, 0.25) is 5.91 Å². The molecule has 26 heavy (non-hydrogen) atoms. The van der Waals surface area contributed by atoms with Gasteiger partial charge in [-0.25, -0.2) is 0 Å². The minimum absolute atomic E-state index is 0.0648. The van der Waals surface area contributed by atoms with Gasteiger partial charge in [-0.2, -0.15) is 0 Å². The lowest BCUT2D eigenvalue weighted by Crippen LogP contribution is -2.74. The van der Waals surface area contributed by atoms with Gasteiger partial charge < -0.3 is 26.3 Å². The third kappa shape index (κ3) is 49.5. The van der Waals surface area contributed by atoms with Crippen molar-refractivity contribution in [3.8, 4) is 0 Å². The second-order valence-corrected chi connectivity index (χ2v) is 5.73. The molecule has 0 spiro atoms. The quantitative estimate of drug-likeness (QED) is 0.393. The number of unbranched alkanes of at least 4 members (excludes halogenated alkanes) is 7. The van der Waals surface area contributed by atoms with Crippen molar-refractivity contribution in [2.45, 2.75) is 65.2 Å². The van der Waals surface area contributed by atoms with Crippen molar-refractivity contribution >= 4 is 11.9 Å². The van der Waals surface area contributed by atoms with Crippen molar-refractivity contribution in [2.75, 3.05) is 27.7 Å². The fraction of sp³-hybridized carbons (Fsp3) is 0.700. The topological polar surface area (TPSA) is 112 Å². The number of carbonyl (C=O) groups is 2. The lowest BCUT2D eigenvalue weighted by atomic mass is 10.1. The average molecular weight is 374 g/mol. The number of nitrogens with two attached hydrogens (primary N) is 2. The number of hydrogen-bond acceptors (Lipinski definition) is 4. The Balaban J connectivity index is -0.000000138. The van der Waals surface area contributed by atoms with E-state index in [1.165, 1.54) is 64.4 Å². The molecule has 5 N–H and O–H groups in total. The monoisotopic (exact) mass is 373 g/mol. The molecule has 0 unspecified atom stereocenters. The highest BCUT2D eigenvalue weighted by atomic mass is 16.4. The summed E-state index contributed by atoms with van der Waals surface area (Å²) in [6, 6.07) is 0. The molecule has 0 aromatic heterocycles. The fourth-order valence-electron chi connectivity index (χ4n) is 1.38. The first-order valence-electron chi connectivity index (χ1n) is 9.43. The number of hydrogen-bond donors (Lipinski definition) is 3. The van der Waals surface area contributed by atoms with E-state index in [1.807, 2.05) is 19.4 Å². The molecule has 0 heterocycles. The van der Waals surface area contributed by atoms with Crippen LogP contribution in [0.4, 0.5) is 0 Å². The second kappa shape index (κ2) is 31.1. The third-order valence-corrected chi connectivity index (χ3v) is 2.84. The molecule has 0 aliphatic heterocycles. The predicted octanol–water partition coefficient (Wildman–Crippen LogP) is 1.13. The first-order chi connectivity index (χ1) is 12.3. The van der Waals surface area contributed by atoms with Gasteiger partial charge in [0.25, 0.3) is 0 Å². The number of likely N-dealkylation sites (N-methyl/N-ethyl adjacent to an activating group) is 1. The van der Waals surface area contributed by atoms with Gasteiger partial charge in [-0.15, -0.1) is 0 Å². The van der Waals surface area contributed by atoms with Gasteiger partial charge in [-0.05, 0) is 31.5 Å². The van der Waals surface area contributed by atoms with E-state index in [2.05, 4.69) is 25.4 Å². The Labute approximate surface area is 161 Å². The summed E-state index contributed by atoms with van der Waals surface area (Å²) in [4.78, 5) is 19.4. The molecule has 0 atom stereocenters. The lowest BCUT2D eigenvalue weighted by molar-refractivity contribution is -0.597. The molecule has 0 saturated carbocycles. The fourth-order valence-corrected chi connectivity index (χ4v) is 1.38. The van der Waals surface area contributed by atoms with Crippen molar-refractivity contribution < 1.29 is 20.0 Å². The van der Waals surface area contributed by atoms with E-state index >= 15 is 0 Å². The van der Waals surface area contributed by atoms with Crippen LogP contribution in [0.5, 0.6) is 0 Å². The van der Waals surface area contributed by atoms with Crippen molar-refractivity contribution in [1.82, 2.24) is 5.32 Å². The zero-order valence-corrected chi connectivity index (χ0v) is 17.7. The number of carboxylic acids is 1. The number of quaternary nitrogens is 1. The van der Waals surface area contributed by atoms with Gasteiger partial charge in [0.15, 0.2) is 0 Å². The van der Waals surface area contributed by atoms with Crippen LogP contribution in [0.3, 0.4) is 0 Å². The summed E-state index contributed by atoms with van der Waals surface area (Å²) in [6.45, 7) is 10.8. The molecule has 156 valence electrons. The summed E-state index contributed by atoms with van der Waals surface area (Å²) >= 11 is 0. The third-order valence-electron chi connectivity index (χ3n) is 2.84. The summed E-state index contributed by atoms with van der Waals surface area (Å²) in [7, 11) is 5.56. The Morgan fingerprint density at radius 2 is 1.42 bits per heavy atom. The molecule has 0 fully saturated rings.